The van der Waals surface area contributed by atoms with Gasteiger partial charge in [0.15, 0.2) is 9.84 Å². The lowest BCUT2D eigenvalue weighted by Gasteiger charge is -2.04. The number of rotatable bonds is 4. The van der Waals surface area contributed by atoms with Crippen LogP contribution in [0, 0.1) is 0 Å². The van der Waals surface area contributed by atoms with Gasteiger partial charge in [-0.3, -0.25) is 4.68 Å². The van der Waals surface area contributed by atoms with Crippen molar-refractivity contribution in [1.82, 2.24) is 9.78 Å². The van der Waals surface area contributed by atoms with Crippen LogP contribution in [-0.2, 0) is 23.3 Å². The van der Waals surface area contributed by atoms with E-state index in [4.69, 9.17) is 5.73 Å². The number of hydrogen-bond acceptors (Lipinski definition) is 4. The second-order valence-electron chi connectivity index (χ2n) is 4.16. The minimum absolute atomic E-state index is 0.0577. The Bertz CT molecular complexity index is 647. The van der Waals surface area contributed by atoms with Crippen molar-refractivity contribution in [3.05, 3.63) is 42.2 Å². The molecule has 0 aliphatic rings. The Morgan fingerprint density at radius 2 is 2.17 bits per heavy atom. The summed E-state index contributed by atoms with van der Waals surface area (Å²) in [7, 11) is -1.49. The third-order valence-corrected chi connectivity index (χ3v) is 4.35. The fourth-order valence-corrected chi connectivity index (χ4v) is 3.02. The van der Waals surface area contributed by atoms with Crippen molar-refractivity contribution < 1.29 is 8.42 Å². The van der Waals surface area contributed by atoms with E-state index >= 15 is 0 Å². The maximum absolute atomic E-state index is 12.1. The standard InChI is InChI=1S/C12H15N3O2S/c1-15-9-10(8-14-15)5-6-18(16,17)12-4-2-3-11(13)7-12/h2-4,7-9H,5-6,13H2,1H3. The van der Waals surface area contributed by atoms with E-state index in [0.717, 1.165) is 5.56 Å². The number of aromatic nitrogens is 2. The summed E-state index contributed by atoms with van der Waals surface area (Å²) in [5.74, 6) is 0.0577. The van der Waals surface area contributed by atoms with E-state index in [0.29, 0.717) is 12.1 Å². The fraction of sp³-hybridized carbons (Fsp3) is 0.250. The summed E-state index contributed by atoms with van der Waals surface area (Å²) in [6.07, 6.45) is 3.94. The summed E-state index contributed by atoms with van der Waals surface area (Å²) in [6, 6.07) is 6.36. The highest BCUT2D eigenvalue weighted by Crippen LogP contribution is 2.15. The van der Waals surface area contributed by atoms with Gasteiger partial charge < -0.3 is 5.73 Å². The predicted octanol–water partition coefficient (Wildman–Crippen LogP) is 1.02. The van der Waals surface area contributed by atoms with Crippen molar-refractivity contribution in [3.8, 4) is 0 Å². The number of anilines is 1. The van der Waals surface area contributed by atoms with E-state index in [1.54, 1.807) is 36.1 Å². The molecule has 0 bridgehead atoms. The van der Waals surface area contributed by atoms with Gasteiger partial charge in [0.25, 0.3) is 0 Å². The van der Waals surface area contributed by atoms with Gasteiger partial charge in [-0.1, -0.05) is 6.07 Å². The Labute approximate surface area is 106 Å². The zero-order chi connectivity index (χ0) is 13.2. The van der Waals surface area contributed by atoms with Crippen molar-refractivity contribution in [2.24, 2.45) is 7.05 Å². The third kappa shape index (κ3) is 2.89. The van der Waals surface area contributed by atoms with Gasteiger partial charge in [0.2, 0.25) is 0 Å². The van der Waals surface area contributed by atoms with Crippen LogP contribution in [0.4, 0.5) is 5.69 Å². The van der Waals surface area contributed by atoms with Crippen LogP contribution in [0.2, 0.25) is 0 Å². The Morgan fingerprint density at radius 3 is 2.78 bits per heavy atom. The number of nitrogens with two attached hydrogens (primary N) is 1. The molecule has 0 radical (unpaired) electrons. The van der Waals surface area contributed by atoms with E-state index in [9.17, 15) is 8.42 Å². The largest absolute Gasteiger partial charge is 0.399 e. The molecule has 18 heavy (non-hydrogen) atoms. The average molecular weight is 265 g/mol. The summed E-state index contributed by atoms with van der Waals surface area (Å²) in [6.45, 7) is 0. The molecule has 2 aromatic rings. The zero-order valence-electron chi connectivity index (χ0n) is 10.1. The van der Waals surface area contributed by atoms with Gasteiger partial charge in [-0.15, -0.1) is 0 Å². The van der Waals surface area contributed by atoms with Crippen molar-refractivity contribution in [3.63, 3.8) is 0 Å². The maximum atomic E-state index is 12.1. The molecule has 0 saturated heterocycles. The predicted molar refractivity (Wildman–Crippen MR) is 69.8 cm³/mol. The summed E-state index contributed by atoms with van der Waals surface area (Å²) in [5, 5.41) is 4.01. The molecule has 0 unspecified atom stereocenters. The smallest absolute Gasteiger partial charge is 0.178 e. The average Bonchev–Trinajstić information content (AvgIpc) is 2.73. The third-order valence-electron chi connectivity index (χ3n) is 2.64. The number of aryl methyl sites for hydroxylation is 2. The zero-order valence-corrected chi connectivity index (χ0v) is 10.9. The molecule has 0 spiro atoms. The monoisotopic (exact) mass is 265 g/mol. The summed E-state index contributed by atoms with van der Waals surface area (Å²) >= 11 is 0. The second-order valence-corrected chi connectivity index (χ2v) is 6.27. The van der Waals surface area contributed by atoms with Gasteiger partial charge in [0.1, 0.15) is 0 Å². The molecule has 96 valence electrons. The minimum atomic E-state index is -3.29. The molecule has 6 heteroatoms. The Hall–Kier alpha value is -1.82. The molecule has 0 saturated carbocycles. The van der Waals surface area contributed by atoms with E-state index in [-0.39, 0.29) is 10.6 Å². The van der Waals surface area contributed by atoms with Crippen molar-refractivity contribution in [2.75, 3.05) is 11.5 Å². The molecule has 0 amide bonds. The maximum Gasteiger partial charge on any atom is 0.178 e. The first-order valence-electron chi connectivity index (χ1n) is 5.53. The first kappa shape index (κ1) is 12.6. The highest BCUT2D eigenvalue weighted by molar-refractivity contribution is 7.91. The first-order valence-corrected chi connectivity index (χ1v) is 7.18. The Morgan fingerprint density at radius 1 is 1.39 bits per heavy atom. The highest BCUT2D eigenvalue weighted by Gasteiger charge is 2.14. The highest BCUT2D eigenvalue weighted by atomic mass is 32.2. The molecular weight excluding hydrogens is 250 g/mol. The number of nitrogen functional groups attached to an aromatic ring is 1. The number of hydrogen-bond donors (Lipinski definition) is 1. The van der Waals surface area contributed by atoms with E-state index in [1.807, 2.05) is 6.20 Å². The number of sulfone groups is 1. The lowest BCUT2D eigenvalue weighted by atomic mass is 10.3. The van der Waals surface area contributed by atoms with E-state index in [1.165, 1.54) is 6.07 Å². The molecule has 2 rings (SSSR count). The number of benzene rings is 1. The normalized spacial score (nSPS) is 11.6. The van der Waals surface area contributed by atoms with Gasteiger partial charge in [-0.25, -0.2) is 8.42 Å². The molecule has 0 aliphatic heterocycles. The lowest BCUT2D eigenvalue weighted by Crippen LogP contribution is -2.09. The second kappa shape index (κ2) is 4.81. The molecule has 0 atom stereocenters. The molecular formula is C12H15N3O2S. The molecule has 1 aromatic carbocycles. The van der Waals surface area contributed by atoms with Gasteiger partial charge in [-0.05, 0) is 30.2 Å². The van der Waals surface area contributed by atoms with Crippen LogP contribution < -0.4 is 5.73 Å². The molecule has 0 aliphatic carbocycles. The van der Waals surface area contributed by atoms with Gasteiger partial charge in [0, 0.05) is 18.9 Å². The van der Waals surface area contributed by atoms with Gasteiger partial charge in [0.05, 0.1) is 16.8 Å². The van der Waals surface area contributed by atoms with Crippen LogP contribution in [0.3, 0.4) is 0 Å². The molecule has 2 N–H and O–H groups in total. The van der Waals surface area contributed by atoms with Crippen molar-refractivity contribution in [2.45, 2.75) is 11.3 Å². The lowest BCUT2D eigenvalue weighted by molar-refractivity contribution is 0.595. The van der Waals surface area contributed by atoms with Crippen LogP contribution in [0.1, 0.15) is 5.56 Å². The van der Waals surface area contributed by atoms with Crippen LogP contribution in [0.15, 0.2) is 41.6 Å². The summed E-state index contributed by atoms with van der Waals surface area (Å²) < 4.78 is 25.8. The first-order chi connectivity index (χ1) is 8.47. The van der Waals surface area contributed by atoms with Crippen LogP contribution in [-0.4, -0.2) is 24.0 Å². The molecule has 5 nitrogen and oxygen atoms in total. The van der Waals surface area contributed by atoms with Gasteiger partial charge >= 0.3 is 0 Å². The fourth-order valence-electron chi connectivity index (χ4n) is 1.68. The molecule has 1 aromatic heterocycles. The number of nitrogens with zero attached hydrogens (tertiary/aromatic N) is 2. The van der Waals surface area contributed by atoms with Crippen molar-refractivity contribution >= 4 is 15.5 Å². The van der Waals surface area contributed by atoms with Crippen LogP contribution in [0.25, 0.3) is 0 Å². The molecule has 1 heterocycles. The SMILES string of the molecule is Cn1cc(CCS(=O)(=O)c2cccc(N)c2)cn1. The quantitative estimate of drug-likeness (QED) is 0.837. The molecule has 0 fully saturated rings. The Kier molecular flexibility index (Phi) is 3.38. The topological polar surface area (TPSA) is 78.0 Å². The van der Waals surface area contributed by atoms with Crippen LogP contribution >= 0.6 is 0 Å². The van der Waals surface area contributed by atoms with Crippen LogP contribution in [0.5, 0.6) is 0 Å². The summed E-state index contributed by atoms with van der Waals surface area (Å²) in [4.78, 5) is 0.270. The van der Waals surface area contributed by atoms with E-state index < -0.39 is 9.84 Å². The minimum Gasteiger partial charge on any atom is -0.399 e. The van der Waals surface area contributed by atoms with Gasteiger partial charge in [-0.2, -0.15) is 5.10 Å². The van der Waals surface area contributed by atoms with Crippen molar-refractivity contribution in [1.29, 1.82) is 0 Å². The Balaban J connectivity index is 2.13. The van der Waals surface area contributed by atoms with E-state index in [2.05, 4.69) is 5.10 Å². The summed E-state index contributed by atoms with van der Waals surface area (Å²) in [5.41, 5.74) is 6.95.